The number of aromatic nitrogens is 1. The molecule has 2 aliphatic heterocycles. The summed E-state index contributed by atoms with van der Waals surface area (Å²) in [5.74, 6) is 0.116. The molecule has 0 aliphatic carbocycles. The van der Waals surface area contributed by atoms with E-state index in [9.17, 15) is 9.59 Å². The summed E-state index contributed by atoms with van der Waals surface area (Å²) in [6, 6.07) is 8.13. The Hall–Kier alpha value is -1.99. The van der Waals surface area contributed by atoms with Gasteiger partial charge in [0, 0.05) is 32.5 Å². The highest BCUT2D eigenvalue weighted by Crippen LogP contribution is 2.36. The molecular formula is C19H23N3O3S. The average Bonchev–Trinajstić information content (AvgIpc) is 3.32. The van der Waals surface area contributed by atoms with Crippen molar-refractivity contribution in [3.8, 4) is 0 Å². The Labute approximate surface area is 156 Å². The van der Waals surface area contributed by atoms with E-state index < -0.39 is 0 Å². The van der Waals surface area contributed by atoms with Crippen LogP contribution in [0.4, 0.5) is 0 Å². The second-order valence-electron chi connectivity index (χ2n) is 6.76. The normalized spacial score (nSPS) is 20.7. The summed E-state index contributed by atoms with van der Waals surface area (Å²) in [6.07, 6.45) is 2.49. The minimum absolute atomic E-state index is 0.0531. The maximum absolute atomic E-state index is 12.7. The number of morpholine rings is 1. The van der Waals surface area contributed by atoms with Crippen molar-refractivity contribution in [2.45, 2.75) is 31.7 Å². The van der Waals surface area contributed by atoms with E-state index in [1.54, 1.807) is 16.2 Å². The number of benzene rings is 1. The van der Waals surface area contributed by atoms with E-state index in [-0.39, 0.29) is 30.7 Å². The zero-order valence-electron chi connectivity index (χ0n) is 14.7. The lowest BCUT2D eigenvalue weighted by atomic mass is 10.2. The first-order chi connectivity index (χ1) is 12.7. The smallest absolute Gasteiger partial charge is 0.223 e. The minimum Gasteiger partial charge on any atom is -0.378 e. The predicted molar refractivity (Wildman–Crippen MR) is 99.9 cm³/mol. The van der Waals surface area contributed by atoms with Gasteiger partial charge in [0.15, 0.2) is 0 Å². The van der Waals surface area contributed by atoms with E-state index in [4.69, 9.17) is 9.72 Å². The van der Waals surface area contributed by atoms with Crippen LogP contribution < -0.4 is 0 Å². The maximum Gasteiger partial charge on any atom is 0.223 e. The van der Waals surface area contributed by atoms with Gasteiger partial charge in [-0.2, -0.15) is 0 Å². The van der Waals surface area contributed by atoms with Crippen molar-refractivity contribution in [1.29, 1.82) is 0 Å². The summed E-state index contributed by atoms with van der Waals surface area (Å²) in [5.41, 5.74) is 0.995. The molecule has 1 aromatic carbocycles. The summed E-state index contributed by atoms with van der Waals surface area (Å²) in [7, 11) is 0. The molecule has 0 saturated carbocycles. The zero-order chi connectivity index (χ0) is 17.9. The number of hydrogen-bond donors (Lipinski definition) is 0. The Morgan fingerprint density at radius 1 is 1.12 bits per heavy atom. The minimum atomic E-state index is 0.0531. The molecule has 2 amide bonds. The van der Waals surface area contributed by atoms with E-state index in [2.05, 4.69) is 6.07 Å². The van der Waals surface area contributed by atoms with E-state index in [0.717, 1.165) is 34.6 Å². The first-order valence-electron chi connectivity index (χ1n) is 9.23. The third kappa shape index (κ3) is 3.59. The van der Waals surface area contributed by atoms with Gasteiger partial charge in [0.1, 0.15) is 5.01 Å². The van der Waals surface area contributed by atoms with Crippen LogP contribution in [0.15, 0.2) is 24.3 Å². The summed E-state index contributed by atoms with van der Waals surface area (Å²) in [6.45, 7) is 3.19. The number of carbonyl (C=O) groups excluding carboxylic acids is 2. The van der Waals surface area contributed by atoms with Gasteiger partial charge in [-0.15, -0.1) is 11.3 Å². The average molecular weight is 373 g/mol. The molecule has 0 bridgehead atoms. The number of carbonyl (C=O) groups is 2. The number of nitrogens with zero attached hydrogens (tertiary/aromatic N) is 3. The molecule has 26 heavy (non-hydrogen) atoms. The number of hydrogen-bond acceptors (Lipinski definition) is 5. The van der Waals surface area contributed by atoms with Crippen LogP contribution in [0.2, 0.25) is 0 Å². The number of thiazole rings is 1. The molecule has 2 saturated heterocycles. The number of ether oxygens (including phenoxy) is 1. The first-order valence-corrected chi connectivity index (χ1v) is 10.0. The van der Waals surface area contributed by atoms with Gasteiger partial charge in [-0.25, -0.2) is 4.98 Å². The fourth-order valence-electron chi connectivity index (χ4n) is 3.68. The quantitative estimate of drug-likeness (QED) is 0.826. The highest BCUT2D eigenvalue weighted by Gasteiger charge is 2.32. The van der Waals surface area contributed by atoms with Gasteiger partial charge in [0.25, 0.3) is 0 Å². The Balaban J connectivity index is 1.39. The molecule has 7 heteroatoms. The van der Waals surface area contributed by atoms with Crippen LogP contribution >= 0.6 is 11.3 Å². The van der Waals surface area contributed by atoms with Crippen LogP contribution in [0, 0.1) is 0 Å². The lowest BCUT2D eigenvalue weighted by molar-refractivity contribution is -0.139. The number of fused-ring (bicyclic) bond motifs is 1. The molecule has 6 nitrogen and oxygen atoms in total. The zero-order valence-corrected chi connectivity index (χ0v) is 15.5. The van der Waals surface area contributed by atoms with Crippen LogP contribution in [-0.4, -0.2) is 59.4 Å². The Kier molecular flexibility index (Phi) is 5.17. The van der Waals surface area contributed by atoms with Gasteiger partial charge in [-0.1, -0.05) is 12.1 Å². The summed E-state index contributed by atoms with van der Waals surface area (Å²) < 4.78 is 6.43. The molecular weight excluding hydrogens is 350 g/mol. The molecule has 1 aromatic heterocycles. The van der Waals surface area contributed by atoms with Crippen molar-refractivity contribution < 1.29 is 14.3 Å². The number of amides is 2. The van der Waals surface area contributed by atoms with Crippen LogP contribution in [-0.2, 0) is 14.3 Å². The van der Waals surface area contributed by atoms with Crippen molar-refractivity contribution in [2.24, 2.45) is 0 Å². The van der Waals surface area contributed by atoms with Gasteiger partial charge in [0.2, 0.25) is 11.8 Å². The first kappa shape index (κ1) is 17.4. The SMILES string of the molecule is O=C(CCC(=O)N1CCC[C@@H]1c1nc2ccccc2s1)N1CCOCC1. The number of likely N-dealkylation sites (tertiary alicyclic amines) is 1. The molecule has 0 spiro atoms. The Bertz CT molecular complexity index is 767. The van der Waals surface area contributed by atoms with Gasteiger partial charge in [0.05, 0.1) is 29.5 Å². The van der Waals surface area contributed by atoms with Crippen molar-refractivity contribution in [1.82, 2.24) is 14.8 Å². The molecule has 0 N–H and O–H groups in total. The summed E-state index contributed by atoms with van der Waals surface area (Å²) >= 11 is 1.67. The van der Waals surface area contributed by atoms with Gasteiger partial charge >= 0.3 is 0 Å². The lowest BCUT2D eigenvalue weighted by Gasteiger charge is -2.27. The van der Waals surface area contributed by atoms with Crippen molar-refractivity contribution in [3.63, 3.8) is 0 Å². The third-order valence-electron chi connectivity index (χ3n) is 5.09. The largest absolute Gasteiger partial charge is 0.378 e. The molecule has 2 aliphatic rings. The van der Waals surface area contributed by atoms with Crippen molar-refractivity contribution in [2.75, 3.05) is 32.8 Å². The number of rotatable bonds is 4. The molecule has 0 radical (unpaired) electrons. The molecule has 1 atom stereocenters. The Morgan fingerprint density at radius 2 is 1.88 bits per heavy atom. The van der Waals surface area contributed by atoms with Crippen LogP contribution in [0.25, 0.3) is 10.2 Å². The van der Waals surface area contributed by atoms with Crippen LogP contribution in [0.5, 0.6) is 0 Å². The molecule has 2 aromatic rings. The third-order valence-corrected chi connectivity index (χ3v) is 6.22. The molecule has 3 heterocycles. The number of para-hydroxylation sites is 1. The molecule has 0 unspecified atom stereocenters. The van der Waals surface area contributed by atoms with Crippen molar-refractivity contribution >= 4 is 33.4 Å². The highest BCUT2D eigenvalue weighted by atomic mass is 32.1. The van der Waals surface area contributed by atoms with E-state index >= 15 is 0 Å². The molecule has 4 rings (SSSR count). The standard InChI is InChI=1S/C19H23N3O3S/c23-17(21-10-12-25-13-11-21)7-8-18(24)22-9-3-5-15(22)19-20-14-4-1-2-6-16(14)26-19/h1-2,4,6,15H,3,5,7-13H2/t15-/m1/s1. The van der Waals surface area contributed by atoms with E-state index in [0.29, 0.717) is 26.3 Å². The van der Waals surface area contributed by atoms with Crippen LogP contribution in [0.3, 0.4) is 0 Å². The molecule has 138 valence electrons. The van der Waals surface area contributed by atoms with Crippen LogP contribution in [0.1, 0.15) is 36.7 Å². The lowest BCUT2D eigenvalue weighted by Crippen LogP contribution is -2.41. The van der Waals surface area contributed by atoms with Gasteiger partial charge in [-0.05, 0) is 25.0 Å². The fraction of sp³-hybridized carbons (Fsp3) is 0.526. The van der Waals surface area contributed by atoms with Gasteiger partial charge < -0.3 is 14.5 Å². The highest BCUT2D eigenvalue weighted by molar-refractivity contribution is 7.18. The van der Waals surface area contributed by atoms with Gasteiger partial charge in [-0.3, -0.25) is 9.59 Å². The van der Waals surface area contributed by atoms with E-state index in [1.807, 2.05) is 23.1 Å². The summed E-state index contributed by atoms with van der Waals surface area (Å²) in [5, 5.41) is 1.01. The second kappa shape index (κ2) is 7.72. The van der Waals surface area contributed by atoms with E-state index in [1.165, 1.54) is 0 Å². The second-order valence-corrected chi connectivity index (χ2v) is 7.82. The molecule has 2 fully saturated rings. The fourth-order valence-corrected chi connectivity index (χ4v) is 4.80. The Morgan fingerprint density at radius 3 is 2.69 bits per heavy atom. The maximum atomic E-state index is 12.7. The monoisotopic (exact) mass is 373 g/mol. The predicted octanol–water partition coefficient (Wildman–Crippen LogP) is 2.60. The topological polar surface area (TPSA) is 62.7 Å². The summed E-state index contributed by atoms with van der Waals surface area (Å²) in [4.78, 5) is 33.5. The van der Waals surface area contributed by atoms with Crippen molar-refractivity contribution in [3.05, 3.63) is 29.3 Å².